The number of nitrogens with zero attached hydrogens (tertiary/aromatic N) is 2. The van der Waals surface area contributed by atoms with E-state index in [1.54, 1.807) is 31.5 Å². The number of allylic oxidation sites excluding steroid dienone is 1. The predicted octanol–water partition coefficient (Wildman–Crippen LogP) is 7.65. The summed E-state index contributed by atoms with van der Waals surface area (Å²) in [6, 6.07) is 27.3. The Morgan fingerprint density at radius 1 is 0.911 bits per heavy atom. The molecule has 45 heavy (non-hydrogen) atoms. The Morgan fingerprint density at radius 2 is 1.64 bits per heavy atom. The number of nitrogens with one attached hydrogen (secondary N) is 1. The third-order valence-electron chi connectivity index (χ3n) is 7.25. The molecule has 3 aromatic carbocycles. The van der Waals surface area contributed by atoms with Crippen molar-refractivity contribution < 1.29 is 23.4 Å². The van der Waals surface area contributed by atoms with Crippen LogP contribution in [0.5, 0.6) is 17.2 Å². The summed E-state index contributed by atoms with van der Waals surface area (Å²) in [6.45, 7) is 10.7. The van der Waals surface area contributed by atoms with Crippen LogP contribution in [0.15, 0.2) is 107 Å². The van der Waals surface area contributed by atoms with Crippen molar-refractivity contribution in [3.63, 3.8) is 0 Å². The van der Waals surface area contributed by atoms with Crippen LogP contribution in [0.4, 0.5) is 0 Å². The molecule has 0 saturated carbocycles. The second kappa shape index (κ2) is 14.3. The van der Waals surface area contributed by atoms with Crippen molar-refractivity contribution in [3.05, 3.63) is 143 Å². The van der Waals surface area contributed by atoms with Gasteiger partial charge in [-0.1, -0.05) is 35.9 Å². The van der Waals surface area contributed by atoms with Gasteiger partial charge < -0.3 is 23.2 Å². The number of hydrogen-bond acceptors (Lipinski definition) is 6. The Balaban J connectivity index is 1.18. The van der Waals surface area contributed by atoms with Crippen molar-refractivity contribution in [2.24, 2.45) is 5.10 Å². The summed E-state index contributed by atoms with van der Waals surface area (Å²) in [7, 11) is 1.59. The van der Waals surface area contributed by atoms with Gasteiger partial charge >= 0.3 is 5.91 Å². The zero-order valence-corrected chi connectivity index (χ0v) is 26.0. The SMILES string of the molecule is C=CCc1cc(/C=N/NC(=O)c2ccc(COc3ccc(-n4c(C)ccc4C)cc3)o2)cc(OC)c1OCc1ccc(C)cc1. The number of carbonyl (C=O) groups is 1. The van der Waals surface area contributed by atoms with Crippen molar-refractivity contribution in [2.45, 2.75) is 40.4 Å². The standard InChI is InChI=1S/C37H37N3O5/c1-6-7-30-20-29(21-35(42-5)36(30)44-23-28-12-8-25(2)9-13-28)22-38-39-37(41)34-19-18-33(45-34)24-43-32-16-14-31(15-17-32)40-26(3)10-11-27(40)4/h6,8-22H,1,7,23-24H2,2-5H3,(H,39,41)/b38-22+. The number of amides is 1. The summed E-state index contributed by atoms with van der Waals surface area (Å²) in [6.07, 6.45) is 3.92. The molecule has 8 nitrogen and oxygen atoms in total. The first-order valence-corrected chi connectivity index (χ1v) is 14.6. The van der Waals surface area contributed by atoms with E-state index in [9.17, 15) is 4.79 Å². The number of hydrazone groups is 1. The summed E-state index contributed by atoms with van der Waals surface area (Å²) in [5.74, 6) is 2.08. The fraction of sp³-hybridized carbons (Fsp3) is 0.189. The lowest BCUT2D eigenvalue weighted by molar-refractivity contribution is 0.0923. The zero-order chi connectivity index (χ0) is 31.8. The average molecular weight is 604 g/mol. The Bertz CT molecular complexity index is 1780. The van der Waals surface area contributed by atoms with E-state index in [2.05, 4.69) is 59.8 Å². The lowest BCUT2D eigenvalue weighted by Crippen LogP contribution is -2.16. The molecule has 0 spiro atoms. The van der Waals surface area contributed by atoms with Crippen LogP contribution in [0.25, 0.3) is 5.69 Å². The maximum absolute atomic E-state index is 12.7. The Labute approximate surface area is 263 Å². The van der Waals surface area contributed by atoms with E-state index in [0.717, 1.165) is 22.4 Å². The molecule has 0 unspecified atom stereocenters. The quantitative estimate of drug-likeness (QED) is 0.0849. The Kier molecular flexibility index (Phi) is 9.84. The first-order valence-electron chi connectivity index (χ1n) is 14.6. The minimum atomic E-state index is -0.476. The highest BCUT2D eigenvalue weighted by atomic mass is 16.5. The summed E-state index contributed by atoms with van der Waals surface area (Å²) in [5.41, 5.74) is 9.79. The van der Waals surface area contributed by atoms with Crippen LogP contribution in [0.2, 0.25) is 0 Å². The zero-order valence-electron chi connectivity index (χ0n) is 26.0. The number of aromatic nitrogens is 1. The maximum Gasteiger partial charge on any atom is 0.307 e. The maximum atomic E-state index is 12.7. The highest BCUT2D eigenvalue weighted by Gasteiger charge is 2.14. The summed E-state index contributed by atoms with van der Waals surface area (Å²) >= 11 is 0. The number of aryl methyl sites for hydroxylation is 3. The topological polar surface area (TPSA) is 87.2 Å². The van der Waals surface area contributed by atoms with Crippen LogP contribution < -0.4 is 19.6 Å². The molecule has 5 aromatic rings. The molecule has 0 aliphatic rings. The third kappa shape index (κ3) is 7.72. The van der Waals surface area contributed by atoms with Crippen LogP contribution in [0.3, 0.4) is 0 Å². The molecule has 0 saturated heterocycles. The van der Waals surface area contributed by atoms with Gasteiger partial charge in [-0.05, 0) is 99.0 Å². The molecule has 1 amide bonds. The van der Waals surface area contributed by atoms with Gasteiger partial charge in [0.15, 0.2) is 17.3 Å². The van der Waals surface area contributed by atoms with E-state index >= 15 is 0 Å². The van der Waals surface area contributed by atoms with Gasteiger partial charge in [-0.3, -0.25) is 4.79 Å². The monoisotopic (exact) mass is 603 g/mol. The lowest BCUT2D eigenvalue weighted by Gasteiger charge is -2.16. The van der Waals surface area contributed by atoms with Gasteiger partial charge in [0.2, 0.25) is 0 Å². The smallest absolute Gasteiger partial charge is 0.307 e. The molecule has 0 aliphatic heterocycles. The first kappa shape index (κ1) is 30.9. The van der Waals surface area contributed by atoms with Gasteiger partial charge in [-0.25, -0.2) is 5.43 Å². The second-order valence-corrected chi connectivity index (χ2v) is 10.7. The summed E-state index contributed by atoms with van der Waals surface area (Å²) in [4.78, 5) is 12.7. The number of benzene rings is 3. The normalized spacial score (nSPS) is 11.0. The molecule has 0 bridgehead atoms. The minimum absolute atomic E-state index is 0.129. The van der Waals surface area contributed by atoms with Gasteiger partial charge in [-0.15, -0.1) is 6.58 Å². The van der Waals surface area contributed by atoms with Crippen LogP contribution in [-0.2, 0) is 19.6 Å². The average Bonchev–Trinajstić information content (AvgIpc) is 3.66. The molecule has 0 radical (unpaired) electrons. The molecular formula is C37H37N3O5. The van der Waals surface area contributed by atoms with Crippen LogP contribution in [0, 0.1) is 20.8 Å². The van der Waals surface area contributed by atoms with E-state index in [-0.39, 0.29) is 12.4 Å². The number of ether oxygens (including phenoxy) is 3. The van der Waals surface area contributed by atoms with Gasteiger partial charge in [-0.2, -0.15) is 5.10 Å². The third-order valence-corrected chi connectivity index (χ3v) is 7.25. The number of furan rings is 1. The second-order valence-electron chi connectivity index (χ2n) is 10.7. The molecular weight excluding hydrogens is 566 g/mol. The van der Waals surface area contributed by atoms with Crippen molar-refractivity contribution >= 4 is 12.1 Å². The Morgan fingerprint density at radius 3 is 2.33 bits per heavy atom. The molecule has 1 N–H and O–H groups in total. The molecule has 5 rings (SSSR count). The van der Waals surface area contributed by atoms with Crippen LogP contribution in [0.1, 0.15) is 50.0 Å². The van der Waals surface area contributed by atoms with Gasteiger partial charge in [0.05, 0.1) is 13.3 Å². The molecule has 2 heterocycles. The largest absolute Gasteiger partial charge is 0.493 e. The highest BCUT2D eigenvalue weighted by molar-refractivity contribution is 5.92. The van der Waals surface area contributed by atoms with Gasteiger partial charge in [0.1, 0.15) is 24.7 Å². The van der Waals surface area contributed by atoms with E-state index in [4.69, 9.17) is 18.6 Å². The molecule has 0 atom stereocenters. The number of carbonyl (C=O) groups excluding carboxylic acids is 1. The molecule has 0 aliphatic carbocycles. The molecule has 230 valence electrons. The van der Waals surface area contributed by atoms with Crippen molar-refractivity contribution in [2.75, 3.05) is 7.11 Å². The number of methoxy groups -OCH3 is 1. The van der Waals surface area contributed by atoms with Crippen LogP contribution in [-0.4, -0.2) is 23.8 Å². The lowest BCUT2D eigenvalue weighted by atomic mass is 10.1. The summed E-state index contributed by atoms with van der Waals surface area (Å²) in [5, 5.41) is 4.13. The van der Waals surface area contributed by atoms with Gasteiger partial charge in [0.25, 0.3) is 0 Å². The van der Waals surface area contributed by atoms with Crippen molar-refractivity contribution in [3.8, 4) is 22.9 Å². The minimum Gasteiger partial charge on any atom is -0.493 e. The molecule has 8 heteroatoms. The predicted molar refractivity (Wildman–Crippen MR) is 176 cm³/mol. The molecule has 2 aromatic heterocycles. The molecule has 0 fully saturated rings. The van der Waals surface area contributed by atoms with E-state index in [0.29, 0.717) is 36.0 Å². The van der Waals surface area contributed by atoms with Crippen LogP contribution >= 0.6 is 0 Å². The first-order chi connectivity index (χ1) is 21.8. The van der Waals surface area contributed by atoms with Crippen molar-refractivity contribution in [1.82, 2.24) is 9.99 Å². The number of rotatable bonds is 13. The van der Waals surface area contributed by atoms with Crippen molar-refractivity contribution in [1.29, 1.82) is 0 Å². The fourth-order valence-electron chi connectivity index (χ4n) is 4.94. The van der Waals surface area contributed by atoms with E-state index < -0.39 is 5.91 Å². The highest BCUT2D eigenvalue weighted by Crippen LogP contribution is 2.34. The van der Waals surface area contributed by atoms with E-state index in [1.807, 2.05) is 55.5 Å². The number of hydrogen-bond donors (Lipinski definition) is 1. The van der Waals surface area contributed by atoms with Gasteiger partial charge in [0, 0.05) is 22.6 Å². The Hall–Kier alpha value is -5.50. The summed E-state index contributed by atoms with van der Waals surface area (Å²) < 4.78 is 25.5. The van der Waals surface area contributed by atoms with E-state index in [1.165, 1.54) is 17.0 Å². The fourth-order valence-corrected chi connectivity index (χ4v) is 4.94.